The summed E-state index contributed by atoms with van der Waals surface area (Å²) in [7, 11) is 0. The summed E-state index contributed by atoms with van der Waals surface area (Å²) in [6, 6.07) is 0. The van der Waals surface area contributed by atoms with Gasteiger partial charge in [0, 0.05) is 17.8 Å². The molecule has 122 valence electrons. The number of nitrogens with zero attached hydrogens (tertiary/aromatic N) is 1. The van der Waals surface area contributed by atoms with Crippen LogP contribution in [0.5, 0.6) is 0 Å². The largest absolute Gasteiger partial charge is 0.411 e. The predicted octanol–water partition coefficient (Wildman–Crippen LogP) is 4.43. The second kappa shape index (κ2) is 4.82. The fourth-order valence-electron chi connectivity index (χ4n) is 7.01. The van der Waals surface area contributed by atoms with E-state index in [4.69, 9.17) is 0 Å². The van der Waals surface area contributed by atoms with Gasteiger partial charge in [-0.3, -0.25) is 4.79 Å². The lowest BCUT2D eigenvalue weighted by Gasteiger charge is -2.59. The average molecular weight is 303 g/mol. The molecule has 0 aliphatic heterocycles. The summed E-state index contributed by atoms with van der Waals surface area (Å²) in [4.78, 5) is 12.4. The van der Waals surface area contributed by atoms with E-state index in [0.29, 0.717) is 29.0 Å². The maximum atomic E-state index is 12.4. The first kappa shape index (κ1) is 14.7. The number of hydrogen-bond donors (Lipinski definition) is 1. The Labute approximate surface area is 133 Å². The number of carbonyl (C=O) groups excluding carboxylic acids is 1. The van der Waals surface area contributed by atoms with Gasteiger partial charge in [-0.25, -0.2) is 0 Å². The molecule has 0 heterocycles. The van der Waals surface area contributed by atoms with Crippen LogP contribution in [0.15, 0.2) is 5.16 Å². The third kappa shape index (κ3) is 1.74. The molecule has 0 aromatic rings. The minimum absolute atomic E-state index is 0.0837. The van der Waals surface area contributed by atoms with E-state index in [1.54, 1.807) is 0 Å². The maximum absolute atomic E-state index is 12.4. The van der Waals surface area contributed by atoms with Crippen LogP contribution in [-0.4, -0.2) is 16.7 Å². The van der Waals surface area contributed by atoms with Gasteiger partial charge >= 0.3 is 0 Å². The number of carbonyl (C=O) groups is 1. The Kier molecular flexibility index (Phi) is 3.22. The van der Waals surface area contributed by atoms with Gasteiger partial charge in [0.25, 0.3) is 0 Å². The summed E-state index contributed by atoms with van der Waals surface area (Å²) >= 11 is 0. The number of oxime groups is 1. The van der Waals surface area contributed by atoms with Crippen LogP contribution in [0.3, 0.4) is 0 Å². The van der Waals surface area contributed by atoms with Gasteiger partial charge in [-0.1, -0.05) is 31.8 Å². The number of fused-ring (bicyclic) bond motifs is 5. The molecule has 0 unspecified atom stereocenters. The second-order valence-electron chi connectivity index (χ2n) is 8.89. The van der Waals surface area contributed by atoms with Crippen molar-refractivity contribution >= 4 is 11.5 Å². The summed E-state index contributed by atoms with van der Waals surface area (Å²) in [5.74, 6) is 2.79. The molecule has 0 saturated heterocycles. The molecule has 0 radical (unpaired) electrons. The Morgan fingerprint density at radius 2 is 1.91 bits per heavy atom. The first-order chi connectivity index (χ1) is 10.5. The molecule has 0 aromatic carbocycles. The third-order valence-electron chi connectivity index (χ3n) is 8.22. The molecule has 6 atom stereocenters. The van der Waals surface area contributed by atoms with Gasteiger partial charge < -0.3 is 5.21 Å². The van der Waals surface area contributed by atoms with E-state index >= 15 is 0 Å². The van der Waals surface area contributed by atoms with Gasteiger partial charge in [-0.15, -0.1) is 0 Å². The molecule has 22 heavy (non-hydrogen) atoms. The SMILES string of the molecule is C[C@]12CCCC[C@@H]1/C(=N/O)C[C@@H]1[C@@H]2CC[C@]2(C)C(=O)CC[C@@H]12. The second-order valence-corrected chi connectivity index (χ2v) is 8.89. The Bertz CT molecular complexity index is 528. The Balaban J connectivity index is 1.73. The minimum Gasteiger partial charge on any atom is -0.411 e. The van der Waals surface area contributed by atoms with Gasteiger partial charge in [0.1, 0.15) is 5.78 Å². The highest BCUT2D eigenvalue weighted by molar-refractivity contribution is 5.90. The monoisotopic (exact) mass is 303 g/mol. The van der Waals surface area contributed by atoms with E-state index < -0.39 is 0 Å². The average Bonchev–Trinajstić information content (AvgIpc) is 2.82. The van der Waals surface area contributed by atoms with Crippen LogP contribution in [0.2, 0.25) is 0 Å². The molecule has 0 aromatic heterocycles. The Morgan fingerprint density at radius 1 is 1.09 bits per heavy atom. The predicted molar refractivity (Wildman–Crippen MR) is 86.0 cm³/mol. The van der Waals surface area contributed by atoms with Crippen molar-refractivity contribution < 1.29 is 10.0 Å². The highest BCUT2D eigenvalue weighted by Gasteiger charge is 2.61. The van der Waals surface area contributed by atoms with E-state index in [2.05, 4.69) is 19.0 Å². The molecule has 3 nitrogen and oxygen atoms in total. The molecule has 1 N–H and O–H groups in total. The molecule has 4 saturated carbocycles. The lowest BCUT2D eigenvalue weighted by molar-refractivity contribution is -0.133. The van der Waals surface area contributed by atoms with Crippen molar-refractivity contribution in [1.29, 1.82) is 0 Å². The highest BCUT2D eigenvalue weighted by atomic mass is 16.4. The molecule has 0 bridgehead atoms. The Hall–Kier alpha value is -0.860. The quantitative estimate of drug-likeness (QED) is 0.531. The summed E-state index contributed by atoms with van der Waals surface area (Å²) < 4.78 is 0. The fraction of sp³-hybridized carbons (Fsp3) is 0.895. The van der Waals surface area contributed by atoms with Crippen LogP contribution in [0.1, 0.15) is 71.6 Å². The molecular formula is C19H29NO2. The summed E-state index contributed by atoms with van der Waals surface area (Å²) in [5.41, 5.74) is 1.27. The van der Waals surface area contributed by atoms with Crippen molar-refractivity contribution in [3.8, 4) is 0 Å². The summed E-state index contributed by atoms with van der Waals surface area (Å²) in [6.45, 7) is 4.67. The molecule has 3 heteroatoms. The van der Waals surface area contributed by atoms with Crippen molar-refractivity contribution in [2.75, 3.05) is 0 Å². The van der Waals surface area contributed by atoms with E-state index in [1.165, 1.54) is 32.1 Å². The first-order valence-electron chi connectivity index (χ1n) is 9.25. The van der Waals surface area contributed by atoms with Crippen molar-refractivity contribution in [3.05, 3.63) is 0 Å². The molecule has 4 rings (SSSR count). The topological polar surface area (TPSA) is 49.7 Å². The van der Waals surface area contributed by atoms with Crippen LogP contribution in [0.4, 0.5) is 0 Å². The van der Waals surface area contributed by atoms with Gasteiger partial charge in [0.2, 0.25) is 0 Å². The number of Topliss-reactive ketones (excluding diaryl/α,β-unsaturated/α-hetero) is 1. The Morgan fingerprint density at radius 3 is 2.68 bits per heavy atom. The van der Waals surface area contributed by atoms with Crippen molar-refractivity contribution in [1.82, 2.24) is 0 Å². The van der Waals surface area contributed by atoms with Gasteiger partial charge in [0.15, 0.2) is 0 Å². The van der Waals surface area contributed by atoms with Crippen molar-refractivity contribution in [2.24, 2.45) is 39.7 Å². The fourth-order valence-corrected chi connectivity index (χ4v) is 7.01. The zero-order valence-corrected chi connectivity index (χ0v) is 14.0. The van der Waals surface area contributed by atoms with Gasteiger partial charge in [-0.2, -0.15) is 0 Å². The minimum atomic E-state index is -0.0837. The van der Waals surface area contributed by atoms with Crippen LogP contribution >= 0.6 is 0 Å². The van der Waals surface area contributed by atoms with Crippen molar-refractivity contribution in [3.63, 3.8) is 0 Å². The lowest BCUT2D eigenvalue weighted by atomic mass is 9.45. The van der Waals surface area contributed by atoms with Crippen LogP contribution in [-0.2, 0) is 4.79 Å². The number of hydrogen-bond acceptors (Lipinski definition) is 3. The lowest BCUT2D eigenvalue weighted by Crippen LogP contribution is -2.55. The highest BCUT2D eigenvalue weighted by Crippen LogP contribution is 2.64. The molecule has 0 spiro atoms. The third-order valence-corrected chi connectivity index (χ3v) is 8.22. The standard InChI is InChI=1S/C19H29NO2/c1-18-9-4-3-5-15(18)16(20-22)11-12-13-6-7-17(21)19(13,2)10-8-14(12)18/h12-15,22H,3-11H2,1-2H3/b20-16+/t12-,13-,14-,15+,18+,19-/m0/s1. The molecule has 4 fully saturated rings. The van der Waals surface area contributed by atoms with E-state index in [0.717, 1.165) is 37.3 Å². The van der Waals surface area contributed by atoms with Gasteiger partial charge in [0.05, 0.1) is 5.71 Å². The first-order valence-corrected chi connectivity index (χ1v) is 9.25. The van der Waals surface area contributed by atoms with Crippen LogP contribution < -0.4 is 0 Å². The van der Waals surface area contributed by atoms with E-state index in [9.17, 15) is 10.0 Å². The maximum Gasteiger partial charge on any atom is 0.139 e. The molecular weight excluding hydrogens is 274 g/mol. The van der Waals surface area contributed by atoms with Crippen LogP contribution in [0, 0.1) is 34.5 Å². The molecule has 4 aliphatic rings. The van der Waals surface area contributed by atoms with Crippen LogP contribution in [0.25, 0.3) is 0 Å². The summed E-state index contributed by atoms with van der Waals surface area (Å²) in [5, 5.41) is 13.4. The van der Waals surface area contributed by atoms with E-state index in [1.807, 2.05) is 0 Å². The number of rotatable bonds is 0. The van der Waals surface area contributed by atoms with Crippen molar-refractivity contribution in [2.45, 2.75) is 71.6 Å². The normalized spacial score (nSPS) is 53.0. The molecule has 4 aliphatic carbocycles. The smallest absolute Gasteiger partial charge is 0.139 e. The van der Waals surface area contributed by atoms with E-state index in [-0.39, 0.29) is 5.41 Å². The number of ketones is 1. The zero-order chi connectivity index (χ0) is 15.5. The summed E-state index contributed by atoms with van der Waals surface area (Å²) in [6.07, 6.45) is 10.1. The molecule has 0 amide bonds. The van der Waals surface area contributed by atoms with Gasteiger partial charge in [-0.05, 0) is 61.7 Å². The zero-order valence-electron chi connectivity index (χ0n) is 14.0.